The minimum absolute atomic E-state index is 0.208. The van der Waals surface area contributed by atoms with Crippen LogP contribution in [-0.4, -0.2) is 42.5 Å². The highest BCUT2D eigenvalue weighted by Gasteiger charge is 2.20. The first-order chi connectivity index (χ1) is 13.1. The first-order valence-electron chi connectivity index (χ1n) is 9.08. The molecule has 1 aromatic carbocycles. The smallest absolute Gasteiger partial charge is 0.338 e. The van der Waals surface area contributed by atoms with E-state index in [1.807, 2.05) is 18.2 Å². The van der Waals surface area contributed by atoms with Gasteiger partial charge in [-0.2, -0.15) is 0 Å². The maximum absolute atomic E-state index is 12.9. The molecule has 6 heteroatoms. The Labute approximate surface area is 159 Å². The third-order valence-electron chi connectivity index (χ3n) is 4.76. The van der Waals surface area contributed by atoms with E-state index in [0.29, 0.717) is 35.9 Å². The lowest BCUT2D eigenvalue weighted by atomic mass is 9.86. The second-order valence-electron chi connectivity index (χ2n) is 6.83. The van der Waals surface area contributed by atoms with E-state index in [1.165, 1.54) is 13.5 Å². The molecule has 1 aliphatic carbocycles. The van der Waals surface area contributed by atoms with Crippen molar-refractivity contribution in [2.45, 2.75) is 25.8 Å². The van der Waals surface area contributed by atoms with Crippen LogP contribution in [0.25, 0.3) is 0 Å². The number of ether oxygens (including phenoxy) is 2. The maximum atomic E-state index is 12.9. The van der Waals surface area contributed by atoms with E-state index >= 15 is 0 Å². The summed E-state index contributed by atoms with van der Waals surface area (Å²) in [6.07, 6.45) is 5.25. The van der Waals surface area contributed by atoms with Crippen LogP contribution in [0.1, 0.15) is 45.7 Å². The number of carbonyl (C=O) groups is 2. The van der Waals surface area contributed by atoms with E-state index in [1.54, 1.807) is 36.3 Å². The number of rotatable bonds is 7. The molecule has 27 heavy (non-hydrogen) atoms. The molecule has 0 N–H and O–H groups in total. The zero-order chi connectivity index (χ0) is 19.2. The normalized spacial score (nSPS) is 13.6. The van der Waals surface area contributed by atoms with Crippen molar-refractivity contribution < 1.29 is 19.1 Å². The largest absolute Gasteiger partial charge is 0.493 e. The van der Waals surface area contributed by atoms with Gasteiger partial charge in [0.2, 0.25) is 0 Å². The Bertz CT molecular complexity index is 803. The van der Waals surface area contributed by atoms with Gasteiger partial charge in [-0.25, -0.2) is 4.79 Å². The summed E-state index contributed by atoms with van der Waals surface area (Å²) in [4.78, 5) is 30.7. The molecule has 2 aromatic rings. The molecule has 0 atom stereocenters. The number of hydrogen-bond acceptors (Lipinski definition) is 5. The second-order valence-corrected chi connectivity index (χ2v) is 6.83. The Hall–Kier alpha value is -2.89. The summed E-state index contributed by atoms with van der Waals surface area (Å²) in [5.41, 5.74) is 1.48. The Balaban J connectivity index is 1.78. The minimum Gasteiger partial charge on any atom is -0.493 e. The number of carbonyl (C=O) groups excluding carboxylic acids is 2. The van der Waals surface area contributed by atoms with E-state index in [4.69, 9.17) is 9.47 Å². The SMILES string of the molecule is COC(=O)c1cc(OCC2CCC2)cc(C(=O)N(C)Cc2ccccn2)c1. The number of aromatic nitrogens is 1. The summed E-state index contributed by atoms with van der Waals surface area (Å²) < 4.78 is 10.7. The Morgan fingerprint density at radius 1 is 1.19 bits per heavy atom. The van der Waals surface area contributed by atoms with Gasteiger partial charge >= 0.3 is 5.97 Å². The number of nitrogens with zero attached hydrogens (tertiary/aromatic N) is 2. The second kappa shape index (κ2) is 8.66. The molecule has 0 aliphatic heterocycles. The monoisotopic (exact) mass is 368 g/mol. The fourth-order valence-corrected chi connectivity index (χ4v) is 2.94. The molecule has 0 saturated heterocycles. The van der Waals surface area contributed by atoms with Gasteiger partial charge in [0.25, 0.3) is 5.91 Å². The highest BCUT2D eigenvalue weighted by atomic mass is 16.5. The Morgan fingerprint density at radius 2 is 1.96 bits per heavy atom. The summed E-state index contributed by atoms with van der Waals surface area (Å²) in [5, 5.41) is 0. The lowest BCUT2D eigenvalue weighted by Gasteiger charge is -2.25. The first kappa shape index (κ1) is 18.9. The predicted molar refractivity (Wildman–Crippen MR) is 101 cm³/mol. The molecule has 0 radical (unpaired) electrons. The molecule has 1 heterocycles. The molecule has 0 bridgehead atoms. The fourth-order valence-electron chi connectivity index (χ4n) is 2.94. The molecule has 0 spiro atoms. The highest BCUT2D eigenvalue weighted by Crippen LogP contribution is 2.28. The van der Waals surface area contributed by atoms with Crippen LogP contribution in [-0.2, 0) is 11.3 Å². The van der Waals surface area contributed by atoms with Gasteiger partial charge < -0.3 is 14.4 Å². The quantitative estimate of drug-likeness (QED) is 0.701. The average molecular weight is 368 g/mol. The molecule has 6 nitrogen and oxygen atoms in total. The van der Waals surface area contributed by atoms with Crippen molar-refractivity contribution in [3.63, 3.8) is 0 Å². The molecule has 1 amide bonds. The molecule has 0 unspecified atom stereocenters. The summed E-state index contributed by atoms with van der Waals surface area (Å²) in [6, 6.07) is 10.4. The average Bonchev–Trinajstić information content (AvgIpc) is 2.66. The Kier molecular flexibility index (Phi) is 6.06. The molecule has 1 saturated carbocycles. The van der Waals surface area contributed by atoms with Crippen LogP contribution < -0.4 is 4.74 Å². The van der Waals surface area contributed by atoms with E-state index in [2.05, 4.69) is 4.98 Å². The van der Waals surface area contributed by atoms with Gasteiger partial charge in [-0.05, 0) is 49.1 Å². The number of amides is 1. The van der Waals surface area contributed by atoms with Gasteiger partial charge in [0.15, 0.2) is 0 Å². The molecule has 1 aromatic heterocycles. The fraction of sp³-hybridized carbons (Fsp3) is 0.381. The topological polar surface area (TPSA) is 68.7 Å². The van der Waals surface area contributed by atoms with Gasteiger partial charge in [0.05, 0.1) is 31.5 Å². The van der Waals surface area contributed by atoms with Gasteiger partial charge in [-0.15, -0.1) is 0 Å². The standard InChI is InChI=1S/C21H24N2O4/c1-23(13-18-8-3-4-9-22-18)20(24)16-10-17(21(25)26-2)12-19(11-16)27-14-15-6-5-7-15/h3-4,8-12,15H,5-7,13-14H2,1-2H3. The van der Waals surface area contributed by atoms with Crippen LogP contribution in [0.15, 0.2) is 42.6 Å². The van der Waals surface area contributed by atoms with Crippen molar-refractivity contribution in [3.05, 3.63) is 59.4 Å². The maximum Gasteiger partial charge on any atom is 0.338 e. The Morgan fingerprint density at radius 3 is 2.59 bits per heavy atom. The first-order valence-corrected chi connectivity index (χ1v) is 9.08. The van der Waals surface area contributed by atoms with E-state index in [0.717, 1.165) is 18.5 Å². The van der Waals surface area contributed by atoms with Crippen LogP contribution in [0.2, 0.25) is 0 Å². The number of pyridine rings is 1. The van der Waals surface area contributed by atoms with E-state index in [-0.39, 0.29) is 5.91 Å². The van der Waals surface area contributed by atoms with E-state index < -0.39 is 5.97 Å². The molecule has 1 fully saturated rings. The van der Waals surface area contributed by atoms with Crippen LogP contribution >= 0.6 is 0 Å². The lowest BCUT2D eigenvalue weighted by molar-refractivity contribution is 0.0600. The molecule has 142 valence electrons. The van der Waals surface area contributed by atoms with Crippen LogP contribution in [0.3, 0.4) is 0 Å². The number of esters is 1. The highest BCUT2D eigenvalue weighted by molar-refractivity contribution is 5.98. The van der Waals surface area contributed by atoms with Gasteiger partial charge in [-0.3, -0.25) is 9.78 Å². The minimum atomic E-state index is -0.495. The van der Waals surface area contributed by atoms with Gasteiger partial charge in [-0.1, -0.05) is 12.5 Å². The summed E-state index contributed by atoms with van der Waals surface area (Å²) in [5.74, 6) is 0.363. The summed E-state index contributed by atoms with van der Waals surface area (Å²) in [6.45, 7) is 0.975. The zero-order valence-corrected chi connectivity index (χ0v) is 15.7. The third-order valence-corrected chi connectivity index (χ3v) is 4.76. The molecular formula is C21H24N2O4. The van der Waals surface area contributed by atoms with Gasteiger partial charge in [0, 0.05) is 18.8 Å². The number of methoxy groups -OCH3 is 1. The number of benzene rings is 1. The summed E-state index contributed by atoms with van der Waals surface area (Å²) >= 11 is 0. The van der Waals surface area contributed by atoms with Crippen molar-refractivity contribution in [2.75, 3.05) is 20.8 Å². The molecule has 3 rings (SSSR count). The number of hydrogen-bond donors (Lipinski definition) is 0. The van der Waals surface area contributed by atoms with Crippen LogP contribution in [0, 0.1) is 5.92 Å². The molecule has 1 aliphatic rings. The van der Waals surface area contributed by atoms with Crippen molar-refractivity contribution in [1.29, 1.82) is 0 Å². The summed E-state index contributed by atoms with van der Waals surface area (Å²) in [7, 11) is 3.02. The van der Waals surface area contributed by atoms with Crippen molar-refractivity contribution >= 4 is 11.9 Å². The lowest BCUT2D eigenvalue weighted by Crippen LogP contribution is -2.27. The van der Waals surface area contributed by atoms with Crippen molar-refractivity contribution in [2.24, 2.45) is 5.92 Å². The van der Waals surface area contributed by atoms with Crippen molar-refractivity contribution in [1.82, 2.24) is 9.88 Å². The molecular weight excluding hydrogens is 344 g/mol. The van der Waals surface area contributed by atoms with E-state index in [9.17, 15) is 9.59 Å². The van der Waals surface area contributed by atoms with Crippen LogP contribution in [0.5, 0.6) is 5.75 Å². The van der Waals surface area contributed by atoms with Crippen molar-refractivity contribution in [3.8, 4) is 5.75 Å². The third kappa shape index (κ3) is 4.84. The predicted octanol–water partition coefficient (Wildman–Crippen LogP) is 3.32. The van der Waals surface area contributed by atoms with Gasteiger partial charge in [0.1, 0.15) is 5.75 Å². The van der Waals surface area contributed by atoms with Crippen LogP contribution in [0.4, 0.5) is 0 Å². The zero-order valence-electron chi connectivity index (χ0n) is 15.7.